The van der Waals surface area contributed by atoms with Crippen LogP contribution < -0.4 is 11.3 Å². The molecule has 0 saturated heterocycles. The van der Waals surface area contributed by atoms with Gasteiger partial charge in [0.05, 0.1) is 13.2 Å². The molecular formula is C17H26N6O6. The molecule has 0 radical (unpaired) electrons. The summed E-state index contributed by atoms with van der Waals surface area (Å²) in [6, 6.07) is 0. The molecule has 0 bridgehead atoms. The minimum Gasteiger partial charge on any atom is -0.460 e. The van der Waals surface area contributed by atoms with Crippen LogP contribution in [0.1, 0.15) is 55.9 Å². The maximum Gasteiger partial charge on any atom is 0.427 e. The van der Waals surface area contributed by atoms with Gasteiger partial charge in [-0.05, 0) is 34.6 Å². The van der Waals surface area contributed by atoms with Crippen molar-refractivity contribution in [1.82, 2.24) is 19.3 Å². The number of ether oxygens (including phenoxy) is 3. The number of nitrogens with zero attached hydrogens (tertiary/aromatic N) is 4. The zero-order chi connectivity index (χ0) is 22.0. The second-order valence-corrected chi connectivity index (χ2v) is 6.33. The molecule has 0 atom stereocenters. The summed E-state index contributed by atoms with van der Waals surface area (Å²) in [6.45, 7) is 9.20. The largest absolute Gasteiger partial charge is 0.460 e. The Balaban J connectivity index is 0.000000326. The van der Waals surface area contributed by atoms with Gasteiger partial charge in [-0.1, -0.05) is 0 Å². The van der Waals surface area contributed by atoms with Crippen molar-refractivity contribution < 1.29 is 28.6 Å². The Hall–Kier alpha value is -3.57. The van der Waals surface area contributed by atoms with Crippen LogP contribution in [0, 0.1) is 0 Å². The van der Waals surface area contributed by atoms with Crippen LogP contribution in [0.5, 0.6) is 0 Å². The highest BCUT2D eigenvalue weighted by Crippen LogP contribution is 2.07. The summed E-state index contributed by atoms with van der Waals surface area (Å²) in [5, 5.41) is 0. The van der Waals surface area contributed by atoms with Crippen molar-refractivity contribution in [3.05, 3.63) is 36.4 Å². The summed E-state index contributed by atoms with van der Waals surface area (Å²) in [4.78, 5) is 41.5. The van der Waals surface area contributed by atoms with E-state index in [0.29, 0.717) is 6.61 Å². The van der Waals surface area contributed by atoms with E-state index in [1.807, 2.05) is 0 Å². The molecule has 0 aliphatic carbocycles. The highest BCUT2D eigenvalue weighted by atomic mass is 16.6. The van der Waals surface area contributed by atoms with E-state index >= 15 is 0 Å². The van der Waals surface area contributed by atoms with Crippen LogP contribution in [-0.4, -0.2) is 56.2 Å². The summed E-state index contributed by atoms with van der Waals surface area (Å²) in [5.74, 6) is 4.32. The van der Waals surface area contributed by atoms with Gasteiger partial charge in [-0.2, -0.15) is 0 Å². The summed E-state index contributed by atoms with van der Waals surface area (Å²) in [6.07, 6.45) is 5.05. The van der Waals surface area contributed by atoms with Gasteiger partial charge in [-0.25, -0.2) is 39.1 Å². The van der Waals surface area contributed by atoms with E-state index in [2.05, 4.69) is 20.1 Å². The number of rotatable bonds is 5. The third-order valence-corrected chi connectivity index (χ3v) is 2.84. The molecule has 3 N–H and O–H groups in total. The Bertz CT molecular complexity index is 822. The molecule has 0 spiro atoms. The van der Waals surface area contributed by atoms with E-state index in [4.69, 9.17) is 15.3 Å². The minimum absolute atomic E-state index is 0.0114. The Labute approximate surface area is 167 Å². The third kappa shape index (κ3) is 7.91. The number of esters is 2. The number of hydrogen-bond acceptors (Lipinski definition) is 9. The smallest absolute Gasteiger partial charge is 0.427 e. The molecule has 2 aromatic heterocycles. The molecule has 1 amide bonds. The zero-order valence-electron chi connectivity index (χ0n) is 17.0. The Morgan fingerprint density at radius 3 is 2.00 bits per heavy atom. The lowest BCUT2D eigenvalue weighted by Crippen LogP contribution is -2.33. The topological polar surface area (TPSA) is 153 Å². The Morgan fingerprint density at radius 1 is 1.00 bits per heavy atom. The molecule has 29 heavy (non-hydrogen) atoms. The summed E-state index contributed by atoms with van der Waals surface area (Å²) in [7, 11) is 0. The van der Waals surface area contributed by atoms with Gasteiger partial charge in [0.1, 0.15) is 5.60 Å². The molecule has 2 rings (SSSR count). The van der Waals surface area contributed by atoms with Crippen molar-refractivity contribution in [2.75, 3.05) is 24.5 Å². The van der Waals surface area contributed by atoms with Crippen LogP contribution in [0.3, 0.4) is 0 Å². The maximum atomic E-state index is 11.5. The van der Waals surface area contributed by atoms with E-state index in [1.54, 1.807) is 34.6 Å². The monoisotopic (exact) mass is 410 g/mol. The lowest BCUT2D eigenvalue weighted by Gasteiger charge is -2.20. The van der Waals surface area contributed by atoms with Gasteiger partial charge in [0.2, 0.25) is 11.6 Å². The Kier molecular flexibility index (Phi) is 8.65. The molecule has 2 aromatic rings. The van der Waals surface area contributed by atoms with Crippen molar-refractivity contribution in [3.8, 4) is 0 Å². The highest BCUT2D eigenvalue weighted by Gasteiger charge is 2.19. The van der Waals surface area contributed by atoms with E-state index in [9.17, 15) is 14.4 Å². The predicted octanol–water partition coefficient (Wildman–Crippen LogP) is 1.31. The molecule has 0 fully saturated rings. The Morgan fingerprint density at radius 2 is 1.52 bits per heavy atom. The minimum atomic E-state index is -0.675. The molecule has 0 aliphatic heterocycles. The number of imidazole rings is 2. The van der Waals surface area contributed by atoms with Crippen LogP contribution in [-0.2, 0) is 14.2 Å². The number of nitrogens with one attached hydrogen (secondary N) is 1. The molecular weight excluding hydrogens is 384 g/mol. The number of aromatic nitrogens is 4. The number of carbonyl (C=O) groups excluding carboxylic acids is 3. The predicted molar refractivity (Wildman–Crippen MR) is 102 cm³/mol. The highest BCUT2D eigenvalue weighted by molar-refractivity contribution is 5.87. The van der Waals surface area contributed by atoms with Crippen LogP contribution >= 0.6 is 0 Å². The van der Waals surface area contributed by atoms with Crippen LogP contribution in [0.2, 0.25) is 0 Å². The number of amides is 1. The lowest BCUT2D eigenvalue weighted by molar-refractivity contribution is 0.0496. The second kappa shape index (κ2) is 10.7. The first-order valence-corrected chi connectivity index (χ1v) is 8.75. The fraction of sp³-hybridized carbons (Fsp3) is 0.471. The zero-order valence-corrected chi connectivity index (χ0v) is 17.0. The van der Waals surface area contributed by atoms with Crippen molar-refractivity contribution in [2.45, 2.75) is 40.2 Å². The molecule has 2 heterocycles. The third-order valence-electron chi connectivity index (χ3n) is 2.84. The first kappa shape index (κ1) is 23.5. The fourth-order valence-corrected chi connectivity index (χ4v) is 1.81. The molecule has 0 unspecified atom stereocenters. The van der Waals surface area contributed by atoms with Gasteiger partial charge in [-0.15, -0.1) is 0 Å². The van der Waals surface area contributed by atoms with Crippen LogP contribution in [0.15, 0.2) is 24.8 Å². The molecule has 12 nitrogen and oxygen atoms in total. The summed E-state index contributed by atoms with van der Waals surface area (Å²) >= 11 is 0. The summed E-state index contributed by atoms with van der Waals surface area (Å²) < 4.78 is 16.8. The van der Waals surface area contributed by atoms with Gasteiger partial charge in [-0.3, -0.25) is 0 Å². The number of carbonyl (C=O) groups is 3. The number of hydrogen-bond donors (Lipinski definition) is 2. The van der Waals surface area contributed by atoms with Gasteiger partial charge in [0.15, 0.2) is 0 Å². The molecule has 160 valence electrons. The SMILES string of the molecule is CCOC(=O)c1nccn1N.CCOC(=O)c1nccn1NC(=O)OC(C)(C)C. The first-order valence-electron chi connectivity index (χ1n) is 8.75. The molecule has 0 saturated carbocycles. The second-order valence-electron chi connectivity index (χ2n) is 6.33. The standard InChI is InChI=1S/C11H17N3O4.C6H9N3O2/c1-5-17-9(15)8-12-6-7-14(8)13-10(16)18-11(2,3)4;1-2-11-6(10)5-8-3-4-9(5)7/h6-7H,5H2,1-4H3,(H,13,16);3-4H,2,7H2,1H3. The van der Waals surface area contributed by atoms with Crippen molar-refractivity contribution >= 4 is 18.0 Å². The van der Waals surface area contributed by atoms with Crippen molar-refractivity contribution in [2.24, 2.45) is 0 Å². The van der Waals surface area contributed by atoms with Crippen LogP contribution in [0.4, 0.5) is 4.79 Å². The number of nitrogens with two attached hydrogens (primary N) is 1. The van der Waals surface area contributed by atoms with Gasteiger partial charge in [0, 0.05) is 24.8 Å². The van der Waals surface area contributed by atoms with Crippen LogP contribution in [0.25, 0.3) is 0 Å². The van der Waals surface area contributed by atoms with Gasteiger partial charge < -0.3 is 20.1 Å². The first-order chi connectivity index (χ1) is 13.6. The molecule has 0 aliphatic rings. The van der Waals surface area contributed by atoms with E-state index < -0.39 is 23.6 Å². The normalized spacial score (nSPS) is 10.4. The lowest BCUT2D eigenvalue weighted by atomic mass is 10.2. The molecule has 12 heteroatoms. The van der Waals surface area contributed by atoms with Gasteiger partial charge >= 0.3 is 18.0 Å². The van der Waals surface area contributed by atoms with Crippen molar-refractivity contribution in [3.63, 3.8) is 0 Å². The van der Waals surface area contributed by atoms with Gasteiger partial charge in [0.25, 0.3) is 0 Å². The quantitative estimate of drug-likeness (QED) is 0.422. The molecule has 0 aromatic carbocycles. The van der Waals surface area contributed by atoms with E-state index in [0.717, 1.165) is 9.35 Å². The van der Waals surface area contributed by atoms with E-state index in [1.165, 1.54) is 24.8 Å². The van der Waals surface area contributed by atoms with Crippen molar-refractivity contribution in [1.29, 1.82) is 0 Å². The summed E-state index contributed by atoms with van der Waals surface area (Å²) in [5.41, 5.74) is 1.76. The maximum absolute atomic E-state index is 11.5. The van der Waals surface area contributed by atoms with E-state index in [-0.39, 0.29) is 18.3 Å². The average Bonchev–Trinajstić information content (AvgIpc) is 3.23. The number of nitrogen functional groups attached to an aromatic ring is 1. The fourth-order valence-electron chi connectivity index (χ4n) is 1.81. The average molecular weight is 410 g/mol.